The molecular weight excluding hydrogens is 408 g/mol. The van der Waals surface area contributed by atoms with E-state index in [1.807, 2.05) is 12.1 Å². The number of fused-ring (bicyclic) bond motifs is 3. The maximum Gasteiger partial charge on any atom is 0.337 e. The first kappa shape index (κ1) is 21.9. The van der Waals surface area contributed by atoms with Gasteiger partial charge in [0.1, 0.15) is 0 Å². The van der Waals surface area contributed by atoms with Crippen molar-refractivity contribution >= 4 is 5.97 Å². The number of hydrogen-bond donors (Lipinski definition) is 1. The van der Waals surface area contributed by atoms with Crippen molar-refractivity contribution in [1.29, 1.82) is 0 Å². The Morgan fingerprint density at radius 3 is 2.15 bits per heavy atom. The monoisotopic (exact) mass is 440 g/mol. The third-order valence-electron chi connectivity index (χ3n) is 7.45. The summed E-state index contributed by atoms with van der Waals surface area (Å²) >= 11 is 0. The molecule has 0 radical (unpaired) electrons. The highest BCUT2D eigenvalue weighted by molar-refractivity contribution is 5.89. The Morgan fingerprint density at radius 2 is 1.52 bits per heavy atom. The molecule has 4 heteroatoms. The van der Waals surface area contributed by atoms with E-state index in [9.17, 15) is 4.79 Å². The summed E-state index contributed by atoms with van der Waals surface area (Å²) in [5, 5.41) is 3.96. The molecule has 170 valence electrons. The minimum Gasteiger partial charge on any atom is -0.465 e. The van der Waals surface area contributed by atoms with Crippen LogP contribution in [0.15, 0.2) is 84.9 Å². The highest BCUT2D eigenvalue weighted by atomic mass is 16.5. The predicted molar refractivity (Wildman–Crippen MR) is 131 cm³/mol. The topological polar surface area (TPSA) is 41.6 Å². The van der Waals surface area contributed by atoms with Gasteiger partial charge in [0.05, 0.1) is 12.7 Å². The average Bonchev–Trinajstić information content (AvgIpc) is 2.90. The fourth-order valence-electron chi connectivity index (χ4n) is 5.81. The Bertz CT molecular complexity index is 1040. The van der Waals surface area contributed by atoms with Crippen LogP contribution in [-0.2, 0) is 11.3 Å². The van der Waals surface area contributed by atoms with Crippen LogP contribution in [0.2, 0.25) is 0 Å². The van der Waals surface area contributed by atoms with Gasteiger partial charge in [-0.25, -0.2) is 4.79 Å². The van der Waals surface area contributed by atoms with Gasteiger partial charge in [0.15, 0.2) is 0 Å². The first-order chi connectivity index (χ1) is 16.2. The minimum atomic E-state index is -0.291. The van der Waals surface area contributed by atoms with E-state index in [0.29, 0.717) is 23.6 Å². The second-order valence-corrected chi connectivity index (χ2v) is 9.26. The van der Waals surface area contributed by atoms with Gasteiger partial charge in [0.2, 0.25) is 0 Å². The number of piperidine rings is 3. The Morgan fingerprint density at radius 1 is 0.909 bits per heavy atom. The number of carbonyl (C=O) groups is 1. The Labute approximate surface area is 196 Å². The Kier molecular flexibility index (Phi) is 6.56. The van der Waals surface area contributed by atoms with Crippen LogP contribution >= 0.6 is 0 Å². The summed E-state index contributed by atoms with van der Waals surface area (Å²) in [4.78, 5) is 14.7. The van der Waals surface area contributed by atoms with E-state index < -0.39 is 0 Å². The highest BCUT2D eigenvalue weighted by Crippen LogP contribution is 2.42. The summed E-state index contributed by atoms with van der Waals surface area (Å²) in [6, 6.07) is 30.3. The molecule has 3 saturated heterocycles. The quantitative estimate of drug-likeness (QED) is 0.533. The molecule has 6 rings (SSSR count). The van der Waals surface area contributed by atoms with Gasteiger partial charge in [-0.1, -0.05) is 72.8 Å². The third kappa shape index (κ3) is 4.59. The molecule has 1 N–H and O–H groups in total. The largest absolute Gasteiger partial charge is 0.465 e. The smallest absolute Gasteiger partial charge is 0.337 e. The molecule has 3 fully saturated rings. The summed E-state index contributed by atoms with van der Waals surface area (Å²) in [6.45, 7) is 3.19. The first-order valence-corrected chi connectivity index (χ1v) is 12.0. The molecular formula is C29H32N2O2. The Hall–Kier alpha value is -2.95. The van der Waals surface area contributed by atoms with Crippen molar-refractivity contribution in [3.8, 4) is 0 Å². The molecule has 0 aliphatic carbocycles. The number of benzene rings is 3. The fourth-order valence-corrected chi connectivity index (χ4v) is 5.81. The number of methoxy groups -OCH3 is 1. The van der Waals surface area contributed by atoms with Crippen molar-refractivity contribution in [2.75, 3.05) is 20.2 Å². The maximum absolute atomic E-state index is 12.0. The molecule has 0 saturated carbocycles. The zero-order valence-corrected chi connectivity index (χ0v) is 19.2. The van der Waals surface area contributed by atoms with Gasteiger partial charge >= 0.3 is 5.97 Å². The first-order valence-electron chi connectivity index (χ1n) is 12.0. The highest BCUT2D eigenvalue weighted by Gasteiger charge is 2.46. The second-order valence-electron chi connectivity index (χ2n) is 9.26. The van der Waals surface area contributed by atoms with E-state index >= 15 is 0 Å². The van der Waals surface area contributed by atoms with Crippen LogP contribution in [0.25, 0.3) is 0 Å². The molecule has 3 aliphatic heterocycles. The second kappa shape index (κ2) is 9.90. The molecule has 33 heavy (non-hydrogen) atoms. The molecule has 0 unspecified atom stereocenters. The predicted octanol–water partition coefficient (Wildman–Crippen LogP) is 4.86. The number of esters is 1. The van der Waals surface area contributed by atoms with Crippen molar-refractivity contribution in [1.82, 2.24) is 10.2 Å². The lowest BCUT2D eigenvalue weighted by molar-refractivity contribution is 0.00468. The van der Waals surface area contributed by atoms with Gasteiger partial charge in [0.25, 0.3) is 0 Å². The van der Waals surface area contributed by atoms with Crippen molar-refractivity contribution in [3.63, 3.8) is 0 Å². The Balaban J connectivity index is 1.50. The molecule has 3 aliphatic rings. The molecule has 3 heterocycles. The van der Waals surface area contributed by atoms with E-state index in [1.165, 1.54) is 36.6 Å². The molecule has 2 bridgehead atoms. The number of nitrogens with one attached hydrogen (secondary N) is 1. The molecule has 3 atom stereocenters. The van der Waals surface area contributed by atoms with E-state index in [2.05, 4.69) is 83.0 Å². The minimum absolute atomic E-state index is 0.231. The van der Waals surface area contributed by atoms with Crippen molar-refractivity contribution in [2.45, 2.75) is 37.4 Å². The summed E-state index contributed by atoms with van der Waals surface area (Å²) in [5.41, 5.74) is 4.49. The standard InChI is InChI=1S/C29H32N2O2/c1-33-29(32)25-14-12-23(13-15-25)26(22-10-6-3-7-11-22)28-27(24-16-18-31(28)19-17-24)30-20-21-8-4-2-5-9-21/h2-15,24,26-28,30H,16-20H2,1H3/t26-,27+,28+/m0/s1. The molecule has 4 nitrogen and oxygen atoms in total. The van der Waals surface area contributed by atoms with E-state index in [1.54, 1.807) is 0 Å². The third-order valence-corrected chi connectivity index (χ3v) is 7.45. The van der Waals surface area contributed by atoms with Crippen LogP contribution in [0.1, 0.15) is 45.8 Å². The zero-order chi connectivity index (χ0) is 22.6. The van der Waals surface area contributed by atoms with Crippen LogP contribution in [0.3, 0.4) is 0 Å². The molecule has 3 aromatic carbocycles. The molecule has 0 spiro atoms. The lowest BCUT2D eigenvalue weighted by Gasteiger charge is -2.54. The summed E-state index contributed by atoms with van der Waals surface area (Å²) in [7, 11) is 1.43. The van der Waals surface area contributed by atoms with E-state index in [4.69, 9.17) is 4.74 Å². The van der Waals surface area contributed by atoms with Gasteiger partial charge in [0, 0.05) is 24.5 Å². The maximum atomic E-state index is 12.0. The lowest BCUT2D eigenvalue weighted by atomic mass is 9.70. The number of ether oxygens (including phenoxy) is 1. The fraction of sp³-hybridized carbons (Fsp3) is 0.345. The van der Waals surface area contributed by atoms with Crippen LogP contribution in [-0.4, -0.2) is 43.2 Å². The average molecular weight is 441 g/mol. The zero-order valence-electron chi connectivity index (χ0n) is 19.2. The molecule has 0 aromatic heterocycles. The van der Waals surface area contributed by atoms with Gasteiger partial charge < -0.3 is 10.1 Å². The molecule has 3 aromatic rings. The van der Waals surface area contributed by atoms with Crippen LogP contribution in [0.4, 0.5) is 0 Å². The van der Waals surface area contributed by atoms with Crippen LogP contribution in [0.5, 0.6) is 0 Å². The summed E-state index contributed by atoms with van der Waals surface area (Å²) in [5.74, 6) is 0.624. The summed E-state index contributed by atoms with van der Waals surface area (Å²) < 4.78 is 4.91. The van der Waals surface area contributed by atoms with Crippen molar-refractivity contribution in [3.05, 3.63) is 107 Å². The normalized spacial score (nSPS) is 24.9. The van der Waals surface area contributed by atoms with Gasteiger partial charge in [-0.3, -0.25) is 4.90 Å². The SMILES string of the molecule is COC(=O)c1ccc([C@H](c2ccccc2)[C@@H]2[C@H](NCc3ccccc3)C3CCN2CC3)cc1. The van der Waals surface area contributed by atoms with Gasteiger partial charge in [-0.2, -0.15) is 0 Å². The number of carbonyl (C=O) groups excluding carboxylic acids is 1. The van der Waals surface area contributed by atoms with Crippen molar-refractivity contribution in [2.24, 2.45) is 5.92 Å². The van der Waals surface area contributed by atoms with Gasteiger partial charge in [-0.05, 0) is 60.7 Å². The van der Waals surface area contributed by atoms with Gasteiger partial charge in [-0.15, -0.1) is 0 Å². The number of rotatable bonds is 7. The summed E-state index contributed by atoms with van der Waals surface area (Å²) in [6.07, 6.45) is 2.51. The number of hydrogen-bond acceptors (Lipinski definition) is 4. The molecule has 0 amide bonds. The van der Waals surface area contributed by atoms with Crippen molar-refractivity contribution < 1.29 is 9.53 Å². The number of nitrogens with zero attached hydrogens (tertiary/aromatic N) is 1. The van der Waals surface area contributed by atoms with Crippen LogP contribution in [0, 0.1) is 5.92 Å². The van der Waals surface area contributed by atoms with E-state index in [-0.39, 0.29) is 11.9 Å². The van der Waals surface area contributed by atoms with E-state index in [0.717, 1.165) is 19.6 Å². The lowest BCUT2D eigenvalue weighted by Crippen LogP contribution is -2.64. The van der Waals surface area contributed by atoms with Crippen LogP contribution < -0.4 is 5.32 Å².